The van der Waals surface area contributed by atoms with Crippen molar-refractivity contribution < 1.29 is 14.3 Å². The van der Waals surface area contributed by atoms with E-state index in [1.807, 2.05) is 24.3 Å². The quantitative estimate of drug-likeness (QED) is 0.572. The molecule has 0 amide bonds. The van der Waals surface area contributed by atoms with Crippen molar-refractivity contribution in [1.29, 1.82) is 0 Å². The number of hydrogen-bond acceptors (Lipinski definition) is 3. The lowest BCUT2D eigenvalue weighted by Crippen LogP contribution is -2.23. The summed E-state index contributed by atoms with van der Waals surface area (Å²) in [7, 11) is 1.61. The fraction of sp³-hybridized carbons (Fsp3) is 0.318. The van der Waals surface area contributed by atoms with Crippen LogP contribution < -0.4 is 0 Å². The van der Waals surface area contributed by atoms with E-state index in [9.17, 15) is 4.79 Å². The zero-order chi connectivity index (χ0) is 17.5. The van der Waals surface area contributed by atoms with Crippen molar-refractivity contribution in [3.8, 4) is 0 Å². The number of methoxy groups -OCH3 is 1. The summed E-state index contributed by atoms with van der Waals surface area (Å²) in [6.45, 7) is 0.761. The Morgan fingerprint density at radius 2 is 1.52 bits per heavy atom. The van der Waals surface area contributed by atoms with Gasteiger partial charge in [-0.3, -0.25) is 4.79 Å². The predicted molar refractivity (Wildman–Crippen MR) is 99.9 cm³/mol. The highest BCUT2D eigenvalue weighted by atomic mass is 16.6. The first-order valence-electron chi connectivity index (χ1n) is 8.78. The Hall–Kier alpha value is -2.39. The Balaban J connectivity index is 1.87. The van der Waals surface area contributed by atoms with Gasteiger partial charge in [0.1, 0.15) is 6.61 Å². The highest BCUT2D eigenvalue weighted by Gasteiger charge is 2.28. The largest absolute Gasteiger partial charge is 0.463 e. The summed E-state index contributed by atoms with van der Waals surface area (Å²) in [6, 6.07) is 20.8. The molecule has 0 N–H and O–H groups in total. The molecule has 1 aliphatic carbocycles. The molecule has 0 spiro atoms. The van der Waals surface area contributed by atoms with Gasteiger partial charge in [0.25, 0.3) is 0 Å². The highest BCUT2D eigenvalue weighted by molar-refractivity contribution is 5.93. The minimum absolute atomic E-state index is 0.0838. The van der Waals surface area contributed by atoms with Gasteiger partial charge >= 0.3 is 5.97 Å². The van der Waals surface area contributed by atoms with Gasteiger partial charge in [0, 0.05) is 7.11 Å². The molecule has 2 aromatic carbocycles. The maximum Gasteiger partial charge on any atom is 0.309 e. The number of esters is 1. The average Bonchev–Trinajstić information content (AvgIpc) is 2.69. The van der Waals surface area contributed by atoms with Gasteiger partial charge in [-0.2, -0.15) is 0 Å². The van der Waals surface area contributed by atoms with Gasteiger partial charge < -0.3 is 9.47 Å². The van der Waals surface area contributed by atoms with Crippen LogP contribution >= 0.6 is 0 Å². The first kappa shape index (κ1) is 17.4. The third-order valence-electron chi connectivity index (χ3n) is 4.67. The Bertz CT molecular complexity index is 719. The van der Waals surface area contributed by atoms with Crippen LogP contribution in [-0.2, 0) is 14.3 Å². The van der Waals surface area contributed by atoms with Gasteiger partial charge in [-0.25, -0.2) is 0 Å². The van der Waals surface area contributed by atoms with Crippen LogP contribution in [0.4, 0.5) is 0 Å². The molecule has 25 heavy (non-hydrogen) atoms. The van der Waals surface area contributed by atoms with Crippen molar-refractivity contribution in [1.82, 2.24) is 0 Å². The molecule has 130 valence electrons. The van der Waals surface area contributed by atoms with E-state index in [0.717, 1.165) is 19.3 Å². The van der Waals surface area contributed by atoms with Crippen molar-refractivity contribution in [2.45, 2.75) is 19.3 Å². The van der Waals surface area contributed by atoms with Crippen molar-refractivity contribution >= 4 is 17.1 Å². The van der Waals surface area contributed by atoms with Crippen LogP contribution in [0.2, 0.25) is 0 Å². The van der Waals surface area contributed by atoms with Crippen LogP contribution in [0.1, 0.15) is 30.4 Å². The number of benzene rings is 2. The Labute approximate surface area is 149 Å². The Kier molecular flexibility index (Phi) is 6.02. The SMILES string of the molecule is COCCOC(=O)C1CCC(c2ccccc2)=C(c2ccccc2)C1. The molecule has 1 aliphatic rings. The normalized spacial score (nSPS) is 17.4. The van der Waals surface area contributed by atoms with E-state index in [4.69, 9.17) is 9.47 Å². The van der Waals surface area contributed by atoms with E-state index in [2.05, 4.69) is 36.4 Å². The lowest BCUT2D eigenvalue weighted by atomic mass is 9.78. The van der Waals surface area contributed by atoms with Gasteiger partial charge in [0.15, 0.2) is 0 Å². The molecule has 3 nitrogen and oxygen atoms in total. The van der Waals surface area contributed by atoms with Crippen molar-refractivity contribution in [3.05, 3.63) is 71.8 Å². The monoisotopic (exact) mass is 336 g/mol. The number of carbonyl (C=O) groups excluding carboxylic acids is 1. The molecule has 1 atom stereocenters. The van der Waals surface area contributed by atoms with Gasteiger partial charge in [0.05, 0.1) is 12.5 Å². The van der Waals surface area contributed by atoms with Gasteiger partial charge in [-0.05, 0) is 41.5 Å². The molecule has 1 unspecified atom stereocenters. The standard InChI is InChI=1S/C22H24O3/c1-24-14-15-25-22(23)19-12-13-20(17-8-4-2-5-9-17)21(16-19)18-10-6-3-7-11-18/h2-11,19H,12-16H2,1H3. The van der Waals surface area contributed by atoms with E-state index in [0.29, 0.717) is 13.2 Å². The summed E-state index contributed by atoms with van der Waals surface area (Å²) in [5, 5.41) is 0. The summed E-state index contributed by atoms with van der Waals surface area (Å²) in [6.07, 6.45) is 2.44. The average molecular weight is 336 g/mol. The van der Waals surface area contributed by atoms with Crippen LogP contribution in [0.3, 0.4) is 0 Å². The van der Waals surface area contributed by atoms with E-state index >= 15 is 0 Å². The molecule has 3 rings (SSSR count). The molecule has 0 aliphatic heterocycles. The summed E-state index contributed by atoms with van der Waals surface area (Å²) >= 11 is 0. The van der Waals surface area contributed by atoms with Crippen LogP contribution in [0.5, 0.6) is 0 Å². The molecule has 0 saturated heterocycles. The van der Waals surface area contributed by atoms with Crippen LogP contribution in [-0.4, -0.2) is 26.3 Å². The molecule has 0 radical (unpaired) electrons. The maximum absolute atomic E-state index is 12.4. The predicted octanol–water partition coefficient (Wildman–Crippen LogP) is 4.59. The molecule has 0 heterocycles. The lowest BCUT2D eigenvalue weighted by molar-refractivity contribution is -0.149. The number of carbonyl (C=O) groups is 1. The molecule has 0 fully saturated rings. The fourth-order valence-electron chi connectivity index (χ4n) is 3.38. The Morgan fingerprint density at radius 3 is 2.12 bits per heavy atom. The van der Waals surface area contributed by atoms with Crippen LogP contribution in [0.25, 0.3) is 11.1 Å². The second-order valence-corrected chi connectivity index (χ2v) is 6.29. The summed E-state index contributed by atoms with van der Waals surface area (Å²) < 4.78 is 10.3. The van der Waals surface area contributed by atoms with Gasteiger partial charge in [-0.1, -0.05) is 60.7 Å². The fourth-order valence-corrected chi connectivity index (χ4v) is 3.38. The van der Waals surface area contributed by atoms with Gasteiger partial charge in [-0.15, -0.1) is 0 Å². The zero-order valence-electron chi connectivity index (χ0n) is 14.6. The zero-order valence-corrected chi connectivity index (χ0v) is 14.6. The molecule has 0 bridgehead atoms. The van der Waals surface area contributed by atoms with E-state index in [-0.39, 0.29) is 11.9 Å². The second-order valence-electron chi connectivity index (χ2n) is 6.29. The number of ether oxygens (including phenoxy) is 2. The highest BCUT2D eigenvalue weighted by Crippen LogP contribution is 2.40. The molecule has 2 aromatic rings. The number of allylic oxidation sites excluding steroid dienone is 2. The minimum Gasteiger partial charge on any atom is -0.463 e. The smallest absolute Gasteiger partial charge is 0.309 e. The van der Waals surface area contributed by atoms with Crippen molar-refractivity contribution in [2.24, 2.45) is 5.92 Å². The van der Waals surface area contributed by atoms with E-state index in [1.165, 1.54) is 22.3 Å². The molecular weight excluding hydrogens is 312 g/mol. The number of rotatable bonds is 6. The first-order valence-corrected chi connectivity index (χ1v) is 8.78. The first-order chi connectivity index (χ1) is 12.3. The lowest BCUT2D eigenvalue weighted by Gasteiger charge is -2.27. The van der Waals surface area contributed by atoms with Crippen LogP contribution in [0.15, 0.2) is 60.7 Å². The molecule has 3 heteroatoms. The summed E-state index contributed by atoms with van der Waals surface area (Å²) in [5.74, 6) is -0.197. The summed E-state index contributed by atoms with van der Waals surface area (Å²) in [4.78, 5) is 12.4. The van der Waals surface area contributed by atoms with E-state index < -0.39 is 0 Å². The van der Waals surface area contributed by atoms with Crippen molar-refractivity contribution in [2.75, 3.05) is 20.3 Å². The molecular formula is C22H24O3. The third kappa shape index (κ3) is 4.37. The molecule has 0 saturated carbocycles. The van der Waals surface area contributed by atoms with E-state index in [1.54, 1.807) is 7.11 Å². The summed E-state index contributed by atoms with van der Waals surface area (Å²) in [5.41, 5.74) is 5.03. The topological polar surface area (TPSA) is 35.5 Å². The third-order valence-corrected chi connectivity index (χ3v) is 4.67. The van der Waals surface area contributed by atoms with Crippen LogP contribution in [0, 0.1) is 5.92 Å². The number of hydrogen-bond donors (Lipinski definition) is 0. The maximum atomic E-state index is 12.4. The second kappa shape index (κ2) is 8.63. The van der Waals surface area contributed by atoms with Crippen molar-refractivity contribution in [3.63, 3.8) is 0 Å². The van der Waals surface area contributed by atoms with Gasteiger partial charge in [0.2, 0.25) is 0 Å². The molecule has 0 aromatic heterocycles. The Morgan fingerprint density at radius 1 is 0.920 bits per heavy atom. The minimum atomic E-state index is -0.113.